The normalized spacial score (nSPS) is 6.33. The van der Waals surface area contributed by atoms with Crippen LogP contribution in [0.3, 0.4) is 0 Å². The van der Waals surface area contributed by atoms with E-state index in [2.05, 4.69) is 23.7 Å². The largest absolute Gasteiger partial charge is 0.384 e. The maximum Gasteiger partial charge on any atom is 0.104 e. The SMILES string of the molecule is OCC#CCO.OCC#CCO. The average molecular weight is 172 g/mol. The Morgan fingerprint density at radius 2 is 0.667 bits per heavy atom. The van der Waals surface area contributed by atoms with Crippen LogP contribution >= 0.6 is 0 Å². The number of rotatable bonds is 0. The lowest BCUT2D eigenvalue weighted by molar-refractivity contribution is 0.342. The minimum absolute atomic E-state index is 0.166. The van der Waals surface area contributed by atoms with Crippen molar-refractivity contribution in [2.24, 2.45) is 0 Å². The second kappa shape index (κ2) is 16.5. The van der Waals surface area contributed by atoms with Gasteiger partial charge in [0.05, 0.1) is 0 Å². The summed E-state index contributed by atoms with van der Waals surface area (Å²) in [4.78, 5) is 0. The van der Waals surface area contributed by atoms with Gasteiger partial charge >= 0.3 is 0 Å². The second-order valence-electron chi connectivity index (χ2n) is 1.34. The van der Waals surface area contributed by atoms with E-state index in [1.165, 1.54) is 0 Å². The molecular weight excluding hydrogens is 160 g/mol. The van der Waals surface area contributed by atoms with Crippen LogP contribution in [0.5, 0.6) is 0 Å². The molecule has 0 aliphatic rings. The quantitative estimate of drug-likeness (QED) is 0.317. The minimum atomic E-state index is -0.166. The van der Waals surface area contributed by atoms with Crippen LogP contribution in [0.25, 0.3) is 0 Å². The van der Waals surface area contributed by atoms with Gasteiger partial charge in [-0.05, 0) is 0 Å². The molecule has 0 saturated carbocycles. The van der Waals surface area contributed by atoms with Crippen LogP contribution in [0.15, 0.2) is 0 Å². The van der Waals surface area contributed by atoms with Gasteiger partial charge in [-0.15, -0.1) is 0 Å². The molecule has 0 fully saturated rings. The first kappa shape index (κ1) is 13.5. The van der Waals surface area contributed by atoms with E-state index < -0.39 is 0 Å². The van der Waals surface area contributed by atoms with Gasteiger partial charge in [0.1, 0.15) is 26.4 Å². The number of aliphatic hydroxyl groups is 4. The van der Waals surface area contributed by atoms with E-state index >= 15 is 0 Å². The van der Waals surface area contributed by atoms with Crippen molar-refractivity contribution >= 4 is 0 Å². The highest BCUT2D eigenvalue weighted by Crippen LogP contribution is 1.49. The van der Waals surface area contributed by atoms with E-state index in [1.54, 1.807) is 0 Å². The Bertz CT molecular complexity index is 141. The Balaban J connectivity index is 0. The third-order valence-corrected chi connectivity index (χ3v) is 0.566. The monoisotopic (exact) mass is 172 g/mol. The third-order valence-electron chi connectivity index (χ3n) is 0.566. The molecule has 12 heavy (non-hydrogen) atoms. The summed E-state index contributed by atoms with van der Waals surface area (Å²) >= 11 is 0. The van der Waals surface area contributed by atoms with Gasteiger partial charge in [0.2, 0.25) is 0 Å². The molecule has 0 spiro atoms. The van der Waals surface area contributed by atoms with Crippen LogP contribution in [0.4, 0.5) is 0 Å². The van der Waals surface area contributed by atoms with Crippen LogP contribution in [0.2, 0.25) is 0 Å². The van der Waals surface area contributed by atoms with Crippen molar-refractivity contribution in [3.63, 3.8) is 0 Å². The Morgan fingerprint density at radius 3 is 0.750 bits per heavy atom. The first-order valence-electron chi connectivity index (χ1n) is 3.18. The van der Waals surface area contributed by atoms with Crippen molar-refractivity contribution < 1.29 is 20.4 Å². The first-order chi connectivity index (χ1) is 5.83. The highest BCUT2D eigenvalue weighted by molar-refractivity contribution is 4.98. The summed E-state index contributed by atoms with van der Waals surface area (Å²) in [5.41, 5.74) is 0. The van der Waals surface area contributed by atoms with E-state index in [4.69, 9.17) is 20.4 Å². The van der Waals surface area contributed by atoms with Gasteiger partial charge in [0, 0.05) is 0 Å². The van der Waals surface area contributed by atoms with Crippen LogP contribution in [0.1, 0.15) is 0 Å². The predicted octanol–water partition coefficient (Wildman–Crippen LogP) is -2.05. The molecule has 68 valence electrons. The van der Waals surface area contributed by atoms with Gasteiger partial charge < -0.3 is 20.4 Å². The summed E-state index contributed by atoms with van der Waals surface area (Å²) < 4.78 is 0. The molecule has 0 atom stereocenters. The molecule has 4 heteroatoms. The molecule has 0 aromatic heterocycles. The molecule has 0 radical (unpaired) electrons. The van der Waals surface area contributed by atoms with Gasteiger partial charge in [-0.1, -0.05) is 23.7 Å². The average Bonchev–Trinajstić information content (AvgIpc) is 2.12. The fourth-order valence-electron chi connectivity index (χ4n) is 0.224. The lowest BCUT2D eigenvalue weighted by Gasteiger charge is -1.66. The second-order valence-corrected chi connectivity index (χ2v) is 1.34. The van der Waals surface area contributed by atoms with Crippen molar-refractivity contribution in [1.82, 2.24) is 0 Å². The Kier molecular flexibility index (Phi) is 18.6. The topological polar surface area (TPSA) is 80.9 Å². The number of hydrogen-bond donors (Lipinski definition) is 4. The van der Waals surface area contributed by atoms with Gasteiger partial charge in [0.15, 0.2) is 0 Å². The van der Waals surface area contributed by atoms with E-state index in [0.29, 0.717) is 0 Å². The van der Waals surface area contributed by atoms with E-state index in [1.807, 2.05) is 0 Å². The summed E-state index contributed by atoms with van der Waals surface area (Å²) in [7, 11) is 0. The van der Waals surface area contributed by atoms with Gasteiger partial charge in [0.25, 0.3) is 0 Å². The molecular formula is C8H12O4. The molecule has 0 aromatic carbocycles. The molecule has 0 saturated heterocycles. The molecule has 0 bridgehead atoms. The summed E-state index contributed by atoms with van der Waals surface area (Å²) in [6, 6.07) is 0. The Labute approximate surface area is 71.5 Å². The van der Waals surface area contributed by atoms with E-state index in [9.17, 15) is 0 Å². The summed E-state index contributed by atoms with van der Waals surface area (Å²) in [5.74, 6) is 9.01. The zero-order valence-corrected chi connectivity index (χ0v) is 6.62. The fourth-order valence-corrected chi connectivity index (χ4v) is 0.224. The molecule has 4 N–H and O–H groups in total. The third kappa shape index (κ3) is 23.1. The molecule has 0 amide bonds. The maximum atomic E-state index is 7.91. The van der Waals surface area contributed by atoms with Crippen molar-refractivity contribution in [3.8, 4) is 23.7 Å². The molecule has 0 aromatic rings. The van der Waals surface area contributed by atoms with Gasteiger partial charge in [-0.2, -0.15) is 0 Å². The van der Waals surface area contributed by atoms with Crippen molar-refractivity contribution in [2.45, 2.75) is 0 Å². The zero-order chi connectivity index (χ0) is 9.66. The zero-order valence-electron chi connectivity index (χ0n) is 6.62. The summed E-state index contributed by atoms with van der Waals surface area (Å²) in [5, 5.41) is 31.7. The number of hydrogen-bond acceptors (Lipinski definition) is 4. The first-order valence-corrected chi connectivity index (χ1v) is 3.18. The van der Waals surface area contributed by atoms with Crippen molar-refractivity contribution in [1.29, 1.82) is 0 Å². The van der Waals surface area contributed by atoms with Gasteiger partial charge in [-0.25, -0.2) is 0 Å². The Morgan fingerprint density at radius 1 is 0.500 bits per heavy atom. The standard InChI is InChI=1S/2C4H6O2/c2*5-3-1-2-4-6/h2*5-6H,3-4H2. The molecule has 4 nitrogen and oxygen atoms in total. The fraction of sp³-hybridized carbons (Fsp3) is 0.500. The van der Waals surface area contributed by atoms with Crippen LogP contribution in [-0.2, 0) is 0 Å². The highest BCUT2D eigenvalue weighted by Gasteiger charge is 1.57. The maximum absolute atomic E-state index is 7.91. The molecule has 0 aliphatic carbocycles. The smallest absolute Gasteiger partial charge is 0.104 e. The van der Waals surface area contributed by atoms with E-state index in [0.717, 1.165) is 0 Å². The lowest BCUT2D eigenvalue weighted by Crippen LogP contribution is -1.74. The molecule has 0 aliphatic heterocycles. The van der Waals surface area contributed by atoms with E-state index in [-0.39, 0.29) is 26.4 Å². The lowest BCUT2D eigenvalue weighted by atomic mass is 10.6. The van der Waals surface area contributed by atoms with Crippen LogP contribution < -0.4 is 0 Å². The minimum Gasteiger partial charge on any atom is -0.384 e. The highest BCUT2D eigenvalue weighted by atomic mass is 16.3. The van der Waals surface area contributed by atoms with Gasteiger partial charge in [-0.3, -0.25) is 0 Å². The molecule has 0 heterocycles. The predicted molar refractivity (Wildman–Crippen MR) is 43.9 cm³/mol. The summed E-state index contributed by atoms with van der Waals surface area (Å²) in [6.07, 6.45) is 0. The number of aliphatic hydroxyl groups excluding tert-OH is 4. The van der Waals surface area contributed by atoms with Crippen molar-refractivity contribution in [3.05, 3.63) is 0 Å². The van der Waals surface area contributed by atoms with Crippen LogP contribution in [0, 0.1) is 23.7 Å². The Hall–Kier alpha value is -1.04. The van der Waals surface area contributed by atoms with Crippen molar-refractivity contribution in [2.75, 3.05) is 26.4 Å². The molecule has 0 unspecified atom stereocenters. The molecule has 0 rings (SSSR count). The summed E-state index contributed by atoms with van der Waals surface area (Å²) in [6.45, 7) is -0.664. The van der Waals surface area contributed by atoms with Crippen LogP contribution in [-0.4, -0.2) is 46.9 Å².